The maximum Gasteiger partial charge on any atom is 0.446 e. The molecule has 80 valence electrons. The van der Waals surface area contributed by atoms with Crippen LogP contribution in [0.4, 0.5) is 18.9 Å². The number of benzene rings is 1. The van der Waals surface area contributed by atoms with Gasteiger partial charge in [0.1, 0.15) is 0 Å². The van der Waals surface area contributed by atoms with Gasteiger partial charge in [0.05, 0.1) is 5.69 Å². The summed E-state index contributed by atoms with van der Waals surface area (Å²) in [6.07, 6.45) is 0. The number of hydrogen-bond donors (Lipinski definition) is 0. The lowest BCUT2D eigenvalue weighted by atomic mass is 10.3. The number of thioether (sulfide) groups is 1. The molecule has 1 rings (SSSR count). The Kier molecular flexibility index (Phi) is 3.90. The summed E-state index contributed by atoms with van der Waals surface area (Å²) < 4.78 is 36.3. The van der Waals surface area contributed by atoms with Gasteiger partial charge in [0.25, 0.3) is 0 Å². The van der Waals surface area contributed by atoms with Crippen LogP contribution < -0.4 is 0 Å². The number of nitrogens with zero attached hydrogens (tertiary/aromatic N) is 3. The van der Waals surface area contributed by atoms with Crippen LogP contribution in [0.3, 0.4) is 0 Å². The third-order valence-corrected chi connectivity index (χ3v) is 2.66. The first-order valence-electron chi connectivity index (χ1n) is 3.53. The summed E-state index contributed by atoms with van der Waals surface area (Å²) in [6, 6.07) is 3.81. The third kappa shape index (κ3) is 4.03. The zero-order valence-electron chi connectivity index (χ0n) is 6.99. The molecule has 8 heteroatoms. The fourth-order valence-corrected chi connectivity index (χ4v) is 2.00. The van der Waals surface area contributed by atoms with Gasteiger partial charge in [-0.2, -0.15) is 13.2 Å². The molecule has 3 nitrogen and oxygen atoms in total. The van der Waals surface area contributed by atoms with Crippen molar-refractivity contribution in [3.05, 3.63) is 33.1 Å². The van der Waals surface area contributed by atoms with Crippen LogP contribution in [0.1, 0.15) is 0 Å². The Bertz CT molecular complexity index is 414. The summed E-state index contributed by atoms with van der Waals surface area (Å²) >= 11 is 2.79. The van der Waals surface area contributed by atoms with Crippen LogP contribution in [0.5, 0.6) is 0 Å². The molecule has 0 heterocycles. The van der Waals surface area contributed by atoms with Crippen molar-refractivity contribution in [1.82, 2.24) is 0 Å². The van der Waals surface area contributed by atoms with Crippen molar-refractivity contribution in [3.8, 4) is 0 Å². The summed E-state index contributed by atoms with van der Waals surface area (Å²) in [5, 5.41) is 3.29. The normalized spacial score (nSPS) is 10.9. The van der Waals surface area contributed by atoms with E-state index in [1.807, 2.05) is 0 Å². The van der Waals surface area contributed by atoms with E-state index < -0.39 is 5.51 Å². The standard InChI is InChI=1S/C7H3BrF3N3S/c8-5-3-4(15-7(9,10)11)1-2-6(5)13-14-12/h1-3H. The van der Waals surface area contributed by atoms with E-state index >= 15 is 0 Å². The summed E-state index contributed by atoms with van der Waals surface area (Å²) in [5.41, 5.74) is 4.09. The molecule has 0 unspecified atom stereocenters. The van der Waals surface area contributed by atoms with Gasteiger partial charge in [0.2, 0.25) is 0 Å². The van der Waals surface area contributed by atoms with Crippen molar-refractivity contribution in [2.75, 3.05) is 0 Å². The highest BCUT2D eigenvalue weighted by Crippen LogP contribution is 2.39. The van der Waals surface area contributed by atoms with Gasteiger partial charge in [-0.25, -0.2) is 0 Å². The average Bonchev–Trinajstić information content (AvgIpc) is 2.07. The molecule has 0 amide bonds. The molecule has 0 aliphatic carbocycles. The highest BCUT2D eigenvalue weighted by molar-refractivity contribution is 9.10. The Morgan fingerprint density at radius 1 is 1.40 bits per heavy atom. The smallest absolute Gasteiger partial charge is 0.160 e. The largest absolute Gasteiger partial charge is 0.446 e. The Morgan fingerprint density at radius 3 is 2.53 bits per heavy atom. The average molecular weight is 298 g/mol. The Labute approximate surface area is 95.4 Å². The second-order valence-corrected chi connectivity index (χ2v) is 4.34. The first-order chi connectivity index (χ1) is 6.92. The summed E-state index contributed by atoms with van der Waals surface area (Å²) in [4.78, 5) is 2.57. The number of alkyl halides is 3. The van der Waals surface area contributed by atoms with Gasteiger partial charge in [-0.1, -0.05) is 27.1 Å². The number of hydrogen-bond acceptors (Lipinski definition) is 2. The predicted molar refractivity (Wildman–Crippen MR) is 54.9 cm³/mol. The summed E-state index contributed by atoms with van der Waals surface area (Å²) in [6.45, 7) is 0. The minimum absolute atomic E-state index is 0.0336. The number of rotatable bonds is 2. The third-order valence-electron chi connectivity index (χ3n) is 1.31. The fourth-order valence-electron chi connectivity index (χ4n) is 0.814. The first kappa shape index (κ1) is 12.2. The molecule has 0 radical (unpaired) electrons. The van der Waals surface area contributed by atoms with Crippen LogP contribution >= 0.6 is 27.7 Å². The van der Waals surface area contributed by atoms with E-state index in [2.05, 4.69) is 26.0 Å². The molecule has 0 saturated heterocycles. The Morgan fingerprint density at radius 2 is 2.07 bits per heavy atom. The molecule has 0 aliphatic rings. The second-order valence-electron chi connectivity index (χ2n) is 2.35. The van der Waals surface area contributed by atoms with E-state index in [0.29, 0.717) is 4.47 Å². The van der Waals surface area contributed by atoms with Crippen LogP contribution in [0.2, 0.25) is 0 Å². The van der Waals surface area contributed by atoms with Gasteiger partial charge < -0.3 is 0 Å². The van der Waals surface area contributed by atoms with Gasteiger partial charge in [-0.15, -0.1) is 0 Å². The van der Waals surface area contributed by atoms with E-state index in [4.69, 9.17) is 5.53 Å². The molecule has 0 aromatic heterocycles. The van der Waals surface area contributed by atoms with E-state index in [0.717, 1.165) is 0 Å². The molecule has 15 heavy (non-hydrogen) atoms. The van der Waals surface area contributed by atoms with Crippen molar-refractivity contribution >= 4 is 33.4 Å². The Hall–Kier alpha value is -0.850. The van der Waals surface area contributed by atoms with E-state index in [9.17, 15) is 13.2 Å². The second kappa shape index (κ2) is 4.78. The van der Waals surface area contributed by atoms with Crippen molar-refractivity contribution in [1.29, 1.82) is 0 Å². The Balaban J connectivity index is 2.96. The lowest BCUT2D eigenvalue weighted by molar-refractivity contribution is -0.0328. The molecular weight excluding hydrogens is 295 g/mol. The zero-order chi connectivity index (χ0) is 11.5. The number of halogens is 4. The van der Waals surface area contributed by atoms with Gasteiger partial charge in [-0.3, -0.25) is 0 Å². The highest BCUT2D eigenvalue weighted by Gasteiger charge is 2.29. The molecule has 1 aromatic rings. The lowest BCUT2D eigenvalue weighted by Crippen LogP contribution is -1.98. The van der Waals surface area contributed by atoms with Crippen LogP contribution in [0.15, 0.2) is 32.7 Å². The molecule has 0 aliphatic heterocycles. The minimum atomic E-state index is -4.32. The van der Waals surface area contributed by atoms with Crippen molar-refractivity contribution in [3.63, 3.8) is 0 Å². The van der Waals surface area contributed by atoms with E-state index in [1.165, 1.54) is 18.2 Å². The van der Waals surface area contributed by atoms with Crippen molar-refractivity contribution < 1.29 is 13.2 Å². The summed E-state index contributed by atoms with van der Waals surface area (Å²) in [7, 11) is 0. The summed E-state index contributed by atoms with van der Waals surface area (Å²) in [5.74, 6) is 0. The molecule has 0 atom stereocenters. The first-order valence-corrected chi connectivity index (χ1v) is 5.14. The lowest BCUT2D eigenvalue weighted by Gasteiger charge is -2.06. The topological polar surface area (TPSA) is 48.8 Å². The van der Waals surface area contributed by atoms with Gasteiger partial charge in [0, 0.05) is 14.3 Å². The van der Waals surface area contributed by atoms with Gasteiger partial charge >= 0.3 is 5.51 Å². The fraction of sp³-hybridized carbons (Fsp3) is 0.143. The molecule has 0 N–H and O–H groups in total. The van der Waals surface area contributed by atoms with E-state index in [1.54, 1.807) is 0 Å². The van der Waals surface area contributed by atoms with Crippen molar-refractivity contribution in [2.24, 2.45) is 5.11 Å². The predicted octanol–water partition coefficient (Wildman–Crippen LogP) is 5.00. The monoisotopic (exact) mass is 297 g/mol. The zero-order valence-corrected chi connectivity index (χ0v) is 9.40. The van der Waals surface area contributed by atoms with Crippen LogP contribution in [-0.2, 0) is 0 Å². The minimum Gasteiger partial charge on any atom is -0.160 e. The van der Waals surface area contributed by atoms with E-state index in [-0.39, 0.29) is 22.3 Å². The van der Waals surface area contributed by atoms with Gasteiger partial charge in [-0.05, 0) is 29.4 Å². The number of azide groups is 1. The highest BCUT2D eigenvalue weighted by atomic mass is 79.9. The molecule has 1 aromatic carbocycles. The van der Waals surface area contributed by atoms with Crippen molar-refractivity contribution in [2.45, 2.75) is 10.4 Å². The quantitative estimate of drug-likeness (QED) is 0.328. The maximum atomic E-state index is 12.0. The van der Waals surface area contributed by atoms with Crippen LogP contribution in [0.25, 0.3) is 10.4 Å². The molecule has 0 saturated carbocycles. The van der Waals surface area contributed by atoms with Crippen LogP contribution in [0, 0.1) is 0 Å². The molecule has 0 fully saturated rings. The van der Waals surface area contributed by atoms with Crippen LogP contribution in [-0.4, -0.2) is 5.51 Å². The molecule has 0 bridgehead atoms. The maximum absolute atomic E-state index is 12.0. The SMILES string of the molecule is [N-]=[N+]=Nc1ccc(SC(F)(F)F)cc1Br. The molecular formula is C7H3BrF3N3S. The van der Waals surface area contributed by atoms with Gasteiger partial charge in [0.15, 0.2) is 0 Å². The molecule has 0 spiro atoms.